The maximum atomic E-state index is 11.4. The lowest BCUT2D eigenvalue weighted by Crippen LogP contribution is -2.27. The van der Waals surface area contributed by atoms with E-state index in [0.29, 0.717) is 0 Å². The van der Waals surface area contributed by atoms with Gasteiger partial charge in [0.2, 0.25) is 0 Å². The second-order valence-electron chi connectivity index (χ2n) is 4.20. The molecule has 0 spiro atoms. The van der Waals surface area contributed by atoms with E-state index in [1.807, 2.05) is 0 Å². The maximum Gasteiger partial charge on any atom is 0.413 e. The first-order chi connectivity index (χ1) is 7.29. The van der Waals surface area contributed by atoms with Gasteiger partial charge in [0, 0.05) is 6.20 Å². The number of aromatic carboxylic acids is 1. The van der Waals surface area contributed by atoms with Crippen LogP contribution in [0, 0.1) is 0 Å². The van der Waals surface area contributed by atoms with E-state index in [0.717, 1.165) is 0 Å². The first kappa shape index (κ1) is 12.1. The summed E-state index contributed by atoms with van der Waals surface area (Å²) < 4.78 is 4.98. The molecule has 0 unspecified atom stereocenters. The number of carbonyl (C=O) groups excluding carboxylic acids is 1. The maximum absolute atomic E-state index is 11.4. The minimum Gasteiger partial charge on any atom is -0.478 e. The minimum absolute atomic E-state index is 0.00846. The number of hydrogen-bond acceptors (Lipinski definition) is 3. The number of carbonyl (C=O) groups is 2. The molecule has 0 saturated carbocycles. The number of aromatic amines is 1. The Bertz CT molecular complexity index is 403. The zero-order valence-corrected chi connectivity index (χ0v) is 9.33. The quantitative estimate of drug-likeness (QED) is 0.719. The van der Waals surface area contributed by atoms with Crippen LogP contribution in [0.15, 0.2) is 12.3 Å². The van der Waals surface area contributed by atoms with Crippen LogP contribution in [0.5, 0.6) is 0 Å². The fourth-order valence-electron chi connectivity index (χ4n) is 1.06. The molecule has 0 aromatic carbocycles. The Kier molecular flexibility index (Phi) is 3.22. The molecule has 1 rings (SSSR count). The van der Waals surface area contributed by atoms with Gasteiger partial charge >= 0.3 is 12.1 Å². The summed E-state index contributed by atoms with van der Waals surface area (Å²) in [6, 6.07) is 1.36. The van der Waals surface area contributed by atoms with Crippen molar-refractivity contribution >= 4 is 17.9 Å². The van der Waals surface area contributed by atoms with Crippen molar-refractivity contribution in [3.63, 3.8) is 0 Å². The molecule has 6 heteroatoms. The number of amides is 1. The molecule has 1 aromatic heterocycles. The lowest BCUT2D eigenvalue weighted by molar-refractivity contribution is 0.0635. The highest BCUT2D eigenvalue weighted by Crippen LogP contribution is 2.14. The fraction of sp³-hybridized carbons (Fsp3) is 0.400. The van der Waals surface area contributed by atoms with Crippen molar-refractivity contribution in [2.24, 2.45) is 0 Å². The summed E-state index contributed by atoms with van der Waals surface area (Å²) in [4.78, 5) is 24.7. The molecular formula is C10H14N2O4. The van der Waals surface area contributed by atoms with E-state index in [1.165, 1.54) is 12.3 Å². The minimum atomic E-state index is -1.12. The predicted molar refractivity (Wildman–Crippen MR) is 57.6 cm³/mol. The lowest BCUT2D eigenvalue weighted by Gasteiger charge is -2.19. The van der Waals surface area contributed by atoms with Crippen LogP contribution in [0.2, 0.25) is 0 Å². The number of hydrogen-bond donors (Lipinski definition) is 3. The first-order valence-electron chi connectivity index (χ1n) is 4.70. The van der Waals surface area contributed by atoms with Gasteiger partial charge in [-0.1, -0.05) is 0 Å². The molecule has 16 heavy (non-hydrogen) atoms. The Morgan fingerprint density at radius 2 is 2.06 bits per heavy atom. The summed E-state index contributed by atoms with van der Waals surface area (Å²) in [5, 5.41) is 11.1. The number of carboxylic acids is 1. The summed E-state index contributed by atoms with van der Waals surface area (Å²) in [5.74, 6) is -1.01. The van der Waals surface area contributed by atoms with Crippen LogP contribution >= 0.6 is 0 Å². The van der Waals surface area contributed by atoms with E-state index < -0.39 is 17.7 Å². The molecule has 0 fully saturated rings. The van der Waals surface area contributed by atoms with Crippen LogP contribution in [-0.4, -0.2) is 27.8 Å². The molecule has 3 N–H and O–H groups in total. The first-order valence-corrected chi connectivity index (χ1v) is 4.70. The van der Waals surface area contributed by atoms with Crippen molar-refractivity contribution in [3.05, 3.63) is 17.8 Å². The molecule has 0 aliphatic carbocycles. The summed E-state index contributed by atoms with van der Waals surface area (Å²) >= 11 is 0. The predicted octanol–water partition coefficient (Wildman–Crippen LogP) is 2.06. The van der Waals surface area contributed by atoms with E-state index in [-0.39, 0.29) is 11.4 Å². The Balaban J connectivity index is 2.70. The van der Waals surface area contributed by atoms with Crippen LogP contribution in [0.3, 0.4) is 0 Å². The van der Waals surface area contributed by atoms with Gasteiger partial charge in [0.15, 0.2) is 0 Å². The molecule has 0 aliphatic rings. The molecule has 0 saturated heterocycles. The topological polar surface area (TPSA) is 91.4 Å². The van der Waals surface area contributed by atoms with Gasteiger partial charge in [-0.25, -0.2) is 9.59 Å². The molecular weight excluding hydrogens is 212 g/mol. The number of nitrogens with one attached hydrogen (secondary N) is 2. The van der Waals surface area contributed by atoms with Gasteiger partial charge in [-0.3, -0.25) is 5.32 Å². The van der Waals surface area contributed by atoms with E-state index in [2.05, 4.69) is 10.3 Å². The number of ether oxygens (including phenoxy) is 1. The third-order valence-electron chi connectivity index (χ3n) is 1.60. The van der Waals surface area contributed by atoms with Crippen molar-refractivity contribution in [2.45, 2.75) is 26.4 Å². The number of aromatic nitrogens is 1. The van der Waals surface area contributed by atoms with Crippen molar-refractivity contribution in [3.8, 4) is 0 Å². The molecule has 0 atom stereocenters. The van der Waals surface area contributed by atoms with Crippen LogP contribution in [-0.2, 0) is 4.74 Å². The highest BCUT2D eigenvalue weighted by molar-refractivity contribution is 5.97. The molecule has 6 nitrogen and oxygen atoms in total. The van der Waals surface area contributed by atoms with Gasteiger partial charge in [0.25, 0.3) is 0 Å². The van der Waals surface area contributed by atoms with Gasteiger partial charge in [-0.2, -0.15) is 0 Å². The second-order valence-corrected chi connectivity index (χ2v) is 4.20. The zero-order chi connectivity index (χ0) is 12.3. The molecule has 0 bridgehead atoms. The van der Waals surface area contributed by atoms with Crippen molar-refractivity contribution in [1.82, 2.24) is 4.98 Å². The Hall–Kier alpha value is -1.98. The number of carboxylic acid groups (broad SMARTS) is 1. The van der Waals surface area contributed by atoms with E-state index in [4.69, 9.17) is 9.84 Å². The van der Waals surface area contributed by atoms with Crippen LogP contribution in [0.25, 0.3) is 0 Å². The summed E-state index contributed by atoms with van der Waals surface area (Å²) in [7, 11) is 0. The van der Waals surface area contributed by atoms with Crippen molar-refractivity contribution in [2.75, 3.05) is 5.32 Å². The van der Waals surface area contributed by atoms with Crippen LogP contribution in [0.1, 0.15) is 31.1 Å². The Morgan fingerprint density at radius 3 is 2.56 bits per heavy atom. The van der Waals surface area contributed by atoms with Crippen molar-refractivity contribution in [1.29, 1.82) is 0 Å². The van der Waals surface area contributed by atoms with Crippen LogP contribution < -0.4 is 5.32 Å². The Labute approximate surface area is 92.6 Å². The van der Waals surface area contributed by atoms with E-state index >= 15 is 0 Å². The highest BCUT2D eigenvalue weighted by atomic mass is 16.6. The van der Waals surface area contributed by atoms with Crippen LogP contribution in [0.4, 0.5) is 10.6 Å². The second kappa shape index (κ2) is 4.26. The number of rotatable bonds is 2. The SMILES string of the molecule is CC(C)(C)OC(=O)Nc1[nH]ccc1C(=O)O. The lowest BCUT2D eigenvalue weighted by atomic mass is 10.2. The van der Waals surface area contributed by atoms with Gasteiger partial charge < -0.3 is 14.8 Å². The van der Waals surface area contributed by atoms with E-state index in [9.17, 15) is 9.59 Å². The monoisotopic (exact) mass is 226 g/mol. The fourth-order valence-corrected chi connectivity index (χ4v) is 1.06. The van der Waals surface area contributed by atoms with Crippen molar-refractivity contribution < 1.29 is 19.4 Å². The molecule has 88 valence electrons. The average molecular weight is 226 g/mol. The molecule has 1 amide bonds. The van der Waals surface area contributed by atoms with E-state index in [1.54, 1.807) is 20.8 Å². The highest BCUT2D eigenvalue weighted by Gasteiger charge is 2.19. The smallest absolute Gasteiger partial charge is 0.413 e. The third kappa shape index (κ3) is 3.30. The molecule has 1 heterocycles. The standard InChI is InChI=1S/C10H14N2O4/c1-10(2,3)16-9(15)12-7-6(8(13)14)4-5-11-7/h4-5,11H,1-3H3,(H,12,15)(H,13,14). The third-order valence-corrected chi connectivity index (χ3v) is 1.60. The van der Waals surface area contributed by atoms with Gasteiger partial charge in [0.05, 0.1) is 0 Å². The van der Waals surface area contributed by atoms with Gasteiger partial charge in [0.1, 0.15) is 17.0 Å². The molecule has 1 aromatic rings. The number of H-pyrrole nitrogens is 1. The largest absolute Gasteiger partial charge is 0.478 e. The molecule has 0 radical (unpaired) electrons. The zero-order valence-electron chi connectivity index (χ0n) is 9.33. The summed E-state index contributed by atoms with van der Waals surface area (Å²) in [5.41, 5.74) is -0.633. The summed E-state index contributed by atoms with van der Waals surface area (Å²) in [6.45, 7) is 5.16. The van der Waals surface area contributed by atoms with Gasteiger partial charge in [-0.15, -0.1) is 0 Å². The molecule has 0 aliphatic heterocycles. The summed E-state index contributed by atoms with van der Waals surface area (Å²) in [6.07, 6.45) is 0.730. The normalized spacial score (nSPS) is 10.9. The number of anilines is 1. The average Bonchev–Trinajstić information content (AvgIpc) is 2.47. The van der Waals surface area contributed by atoms with Gasteiger partial charge in [-0.05, 0) is 26.8 Å². The Morgan fingerprint density at radius 1 is 1.44 bits per heavy atom.